The van der Waals surface area contributed by atoms with Crippen molar-refractivity contribution in [2.75, 3.05) is 18.1 Å². The van der Waals surface area contributed by atoms with E-state index in [-0.39, 0.29) is 17.4 Å². The molecule has 1 heterocycles. The highest BCUT2D eigenvalue weighted by Gasteiger charge is 2.26. The summed E-state index contributed by atoms with van der Waals surface area (Å²) in [7, 11) is 0. The van der Waals surface area contributed by atoms with Gasteiger partial charge in [0.15, 0.2) is 5.75 Å². The van der Waals surface area contributed by atoms with Crippen LogP contribution in [-0.2, 0) is 13.1 Å². The summed E-state index contributed by atoms with van der Waals surface area (Å²) in [6.07, 6.45) is 0.822. The van der Waals surface area contributed by atoms with Crippen LogP contribution in [-0.4, -0.2) is 23.4 Å². The van der Waals surface area contributed by atoms with E-state index in [0.717, 1.165) is 23.3 Å². The van der Waals surface area contributed by atoms with Gasteiger partial charge in [-0.15, -0.1) is 0 Å². The van der Waals surface area contributed by atoms with Gasteiger partial charge in [0, 0.05) is 19.2 Å². The van der Waals surface area contributed by atoms with Crippen molar-refractivity contribution >= 4 is 5.69 Å². The summed E-state index contributed by atoms with van der Waals surface area (Å²) in [6.45, 7) is 6.47. The van der Waals surface area contributed by atoms with Gasteiger partial charge >= 0.3 is 0 Å². The van der Waals surface area contributed by atoms with Gasteiger partial charge in [-0.3, -0.25) is 0 Å². The van der Waals surface area contributed by atoms with Crippen LogP contribution in [0.3, 0.4) is 0 Å². The van der Waals surface area contributed by atoms with E-state index in [0.29, 0.717) is 31.9 Å². The van der Waals surface area contributed by atoms with E-state index in [2.05, 4.69) is 6.07 Å². The van der Waals surface area contributed by atoms with E-state index in [1.54, 1.807) is 6.07 Å². The fourth-order valence-corrected chi connectivity index (χ4v) is 3.16. The Morgan fingerprint density at radius 1 is 1.24 bits per heavy atom. The SMILES string of the molecule is CC(C)c1c[c]c(O)c(N2Cc3ccc(OCCCN)cc3C2)c1O. The predicted octanol–water partition coefficient (Wildman–Crippen LogP) is 3.27. The van der Waals surface area contributed by atoms with Crippen LogP contribution in [0, 0.1) is 6.07 Å². The fourth-order valence-electron chi connectivity index (χ4n) is 3.16. The number of aromatic hydroxyl groups is 2. The summed E-state index contributed by atoms with van der Waals surface area (Å²) in [4.78, 5) is 1.97. The Balaban J connectivity index is 1.83. The van der Waals surface area contributed by atoms with E-state index in [1.807, 2.05) is 36.9 Å². The molecule has 0 aromatic heterocycles. The van der Waals surface area contributed by atoms with Gasteiger partial charge in [-0.1, -0.05) is 19.9 Å². The second-order valence-electron chi connectivity index (χ2n) is 6.72. The number of nitrogens with zero attached hydrogens (tertiary/aromatic N) is 1. The largest absolute Gasteiger partial charge is 0.505 e. The van der Waals surface area contributed by atoms with Crippen molar-refractivity contribution in [3.63, 3.8) is 0 Å². The second kappa shape index (κ2) is 7.23. The molecule has 5 heteroatoms. The van der Waals surface area contributed by atoms with Crippen molar-refractivity contribution in [2.24, 2.45) is 5.73 Å². The number of nitrogens with two attached hydrogens (primary N) is 1. The number of fused-ring (bicyclic) bond motifs is 1. The first-order chi connectivity index (χ1) is 12.0. The minimum Gasteiger partial charge on any atom is -0.505 e. The minimum absolute atomic E-state index is 0.0193. The zero-order valence-electron chi connectivity index (χ0n) is 14.7. The summed E-state index contributed by atoms with van der Waals surface area (Å²) in [6, 6.07) is 10.5. The number of hydrogen-bond donors (Lipinski definition) is 3. The van der Waals surface area contributed by atoms with Gasteiger partial charge in [0.1, 0.15) is 17.2 Å². The maximum atomic E-state index is 10.6. The minimum atomic E-state index is -0.0193. The molecule has 0 bridgehead atoms. The Kier molecular flexibility index (Phi) is 5.04. The van der Waals surface area contributed by atoms with Crippen molar-refractivity contribution in [1.29, 1.82) is 0 Å². The lowest BCUT2D eigenvalue weighted by atomic mass is 10.0. The predicted molar refractivity (Wildman–Crippen MR) is 98.2 cm³/mol. The van der Waals surface area contributed by atoms with Crippen LogP contribution in [0.4, 0.5) is 5.69 Å². The highest BCUT2D eigenvalue weighted by Crippen LogP contribution is 2.44. The maximum Gasteiger partial charge on any atom is 0.150 e. The first-order valence-electron chi connectivity index (χ1n) is 8.67. The second-order valence-corrected chi connectivity index (χ2v) is 6.72. The summed E-state index contributed by atoms with van der Waals surface area (Å²) >= 11 is 0. The van der Waals surface area contributed by atoms with Crippen LogP contribution < -0.4 is 15.4 Å². The topological polar surface area (TPSA) is 79.0 Å². The first-order valence-corrected chi connectivity index (χ1v) is 8.67. The number of hydrogen-bond acceptors (Lipinski definition) is 5. The third-order valence-electron chi connectivity index (χ3n) is 4.54. The van der Waals surface area contributed by atoms with E-state index >= 15 is 0 Å². The van der Waals surface area contributed by atoms with Crippen molar-refractivity contribution in [2.45, 2.75) is 39.3 Å². The number of phenolic OH excluding ortho intramolecular Hbond substituents is 2. The van der Waals surface area contributed by atoms with Crippen LogP contribution in [0.15, 0.2) is 24.3 Å². The van der Waals surface area contributed by atoms with Gasteiger partial charge in [-0.2, -0.15) is 0 Å². The molecule has 0 atom stereocenters. The highest BCUT2D eigenvalue weighted by molar-refractivity contribution is 5.70. The molecule has 0 fully saturated rings. The molecular formula is C20H25N2O3. The molecule has 5 nitrogen and oxygen atoms in total. The normalized spacial score (nSPS) is 13.4. The first kappa shape index (κ1) is 17.4. The lowest BCUT2D eigenvalue weighted by Crippen LogP contribution is -2.15. The summed E-state index contributed by atoms with van der Waals surface area (Å²) in [5.74, 6) is 1.10. The number of ether oxygens (including phenoxy) is 1. The third kappa shape index (κ3) is 3.51. The van der Waals surface area contributed by atoms with Gasteiger partial charge < -0.3 is 25.6 Å². The summed E-state index contributed by atoms with van der Waals surface area (Å²) in [5, 5.41) is 20.9. The van der Waals surface area contributed by atoms with E-state index in [9.17, 15) is 10.2 Å². The number of rotatable bonds is 6. The van der Waals surface area contributed by atoms with Gasteiger partial charge in [0.05, 0.1) is 6.61 Å². The smallest absolute Gasteiger partial charge is 0.150 e. The highest BCUT2D eigenvalue weighted by atomic mass is 16.5. The molecule has 0 spiro atoms. The molecule has 2 aromatic carbocycles. The average Bonchev–Trinajstić information content (AvgIpc) is 2.97. The zero-order valence-corrected chi connectivity index (χ0v) is 14.7. The van der Waals surface area contributed by atoms with Gasteiger partial charge in [-0.25, -0.2) is 0 Å². The van der Waals surface area contributed by atoms with Crippen molar-refractivity contribution < 1.29 is 14.9 Å². The molecule has 2 aromatic rings. The van der Waals surface area contributed by atoms with Crippen LogP contribution in [0.5, 0.6) is 17.2 Å². The summed E-state index contributed by atoms with van der Waals surface area (Å²) < 4.78 is 5.71. The van der Waals surface area contributed by atoms with E-state index < -0.39 is 0 Å². The molecule has 0 saturated heterocycles. The molecule has 1 aliphatic heterocycles. The van der Waals surface area contributed by atoms with Gasteiger partial charge in [0.2, 0.25) is 0 Å². The van der Waals surface area contributed by atoms with E-state index in [4.69, 9.17) is 10.5 Å². The molecule has 25 heavy (non-hydrogen) atoms. The Morgan fingerprint density at radius 3 is 2.72 bits per heavy atom. The van der Waals surface area contributed by atoms with Crippen molar-refractivity contribution in [3.05, 3.63) is 47.0 Å². The van der Waals surface area contributed by atoms with Crippen molar-refractivity contribution in [3.8, 4) is 17.2 Å². The Morgan fingerprint density at radius 2 is 2.00 bits per heavy atom. The molecule has 0 unspecified atom stereocenters. The molecule has 1 radical (unpaired) electrons. The number of anilines is 1. The average molecular weight is 341 g/mol. The van der Waals surface area contributed by atoms with Crippen LogP contribution in [0.1, 0.15) is 42.9 Å². The Labute approximate surface area is 148 Å². The quantitative estimate of drug-likeness (QED) is 0.703. The third-order valence-corrected chi connectivity index (χ3v) is 4.54. The van der Waals surface area contributed by atoms with Crippen LogP contribution in [0.25, 0.3) is 0 Å². The van der Waals surface area contributed by atoms with Crippen LogP contribution >= 0.6 is 0 Å². The van der Waals surface area contributed by atoms with Gasteiger partial charge in [-0.05, 0) is 53.8 Å². The molecule has 0 saturated carbocycles. The van der Waals surface area contributed by atoms with E-state index in [1.165, 1.54) is 5.56 Å². The standard InChI is InChI=1S/C20H25N2O3/c1-13(2)17-6-7-18(23)19(20(17)24)22-11-14-4-5-16(10-15(14)12-22)25-9-3-8-21/h4-6,10,13,23-24H,3,8-9,11-12,21H2,1-2H3. The fraction of sp³-hybridized carbons (Fsp3) is 0.400. The van der Waals surface area contributed by atoms with Crippen LogP contribution in [0.2, 0.25) is 0 Å². The molecule has 0 amide bonds. The van der Waals surface area contributed by atoms with Crippen molar-refractivity contribution in [1.82, 2.24) is 0 Å². The maximum absolute atomic E-state index is 10.6. The molecule has 0 aliphatic carbocycles. The number of phenols is 2. The molecule has 4 N–H and O–H groups in total. The Hall–Kier alpha value is -2.40. The molecular weight excluding hydrogens is 316 g/mol. The molecule has 1 aliphatic rings. The monoisotopic (exact) mass is 341 g/mol. The lowest BCUT2D eigenvalue weighted by Gasteiger charge is -2.22. The zero-order chi connectivity index (χ0) is 18.0. The lowest BCUT2D eigenvalue weighted by molar-refractivity contribution is 0.313. The summed E-state index contributed by atoms with van der Waals surface area (Å²) in [5.41, 5.74) is 9.03. The Bertz CT molecular complexity index is 759. The molecule has 133 valence electrons. The number of benzene rings is 2. The van der Waals surface area contributed by atoms with Gasteiger partial charge in [0.25, 0.3) is 0 Å². The molecule has 3 rings (SSSR count).